The van der Waals surface area contributed by atoms with Gasteiger partial charge in [0, 0.05) is 29.9 Å². The average Bonchev–Trinajstić information content (AvgIpc) is 3.48. The SMILES string of the molecule is CC(C)c1c(C(=O)Nc2ccccc2)c(-c2ccc(OCc3ccccc3)cc2)c(-c2ccc(F)cc2)n1CC[C@@H]1C[C@H](CC(=O)OC(C)(C)C)OC(C)(C)O1. The Kier molecular flexibility index (Phi) is 12.5. The second-order valence-corrected chi connectivity index (χ2v) is 16.1. The number of aromatic nitrogens is 1. The van der Waals surface area contributed by atoms with Crippen LogP contribution in [0.1, 0.15) is 95.3 Å². The van der Waals surface area contributed by atoms with Crippen LogP contribution in [0.25, 0.3) is 22.4 Å². The van der Waals surface area contributed by atoms with Gasteiger partial charge in [-0.1, -0.05) is 74.5 Å². The molecule has 8 nitrogen and oxygen atoms in total. The highest BCUT2D eigenvalue weighted by molar-refractivity contribution is 6.12. The van der Waals surface area contributed by atoms with Gasteiger partial charge in [-0.15, -0.1) is 0 Å². The molecule has 0 spiro atoms. The molecule has 0 aliphatic carbocycles. The Morgan fingerprint density at radius 2 is 1.46 bits per heavy atom. The number of amides is 1. The van der Waals surface area contributed by atoms with Gasteiger partial charge in [0.2, 0.25) is 0 Å². The molecule has 56 heavy (non-hydrogen) atoms. The molecule has 0 saturated carbocycles. The number of anilines is 1. The second-order valence-electron chi connectivity index (χ2n) is 16.1. The van der Waals surface area contributed by atoms with Gasteiger partial charge in [0.1, 0.15) is 23.8 Å². The molecule has 1 aliphatic heterocycles. The Hall–Kier alpha value is -5.25. The molecule has 1 N–H and O–H groups in total. The lowest BCUT2D eigenvalue weighted by atomic mass is 9.94. The molecule has 6 rings (SSSR count). The summed E-state index contributed by atoms with van der Waals surface area (Å²) in [6, 6.07) is 33.6. The maximum absolute atomic E-state index is 14.7. The number of nitrogens with zero attached hydrogens (tertiary/aromatic N) is 1. The molecule has 1 saturated heterocycles. The van der Waals surface area contributed by atoms with E-state index >= 15 is 0 Å². The van der Waals surface area contributed by atoms with Crippen molar-refractivity contribution in [2.45, 2.75) is 110 Å². The molecule has 2 heterocycles. The maximum Gasteiger partial charge on any atom is 0.308 e. The van der Waals surface area contributed by atoms with Crippen LogP contribution in [0.4, 0.5) is 10.1 Å². The first-order valence-electron chi connectivity index (χ1n) is 19.4. The van der Waals surface area contributed by atoms with E-state index in [9.17, 15) is 14.0 Å². The van der Waals surface area contributed by atoms with Gasteiger partial charge in [0.05, 0.1) is 29.9 Å². The van der Waals surface area contributed by atoms with E-state index < -0.39 is 17.5 Å². The van der Waals surface area contributed by atoms with E-state index in [0.29, 0.717) is 43.0 Å². The summed E-state index contributed by atoms with van der Waals surface area (Å²) in [6.07, 6.45) is 0.508. The Balaban J connectivity index is 1.42. The van der Waals surface area contributed by atoms with E-state index in [0.717, 1.165) is 33.6 Å². The fourth-order valence-electron chi connectivity index (χ4n) is 7.43. The molecule has 1 aromatic heterocycles. The van der Waals surface area contributed by atoms with Crippen LogP contribution < -0.4 is 10.1 Å². The van der Waals surface area contributed by atoms with Gasteiger partial charge in [-0.05, 0) is 112 Å². The zero-order valence-corrected chi connectivity index (χ0v) is 33.4. The minimum atomic E-state index is -0.927. The molecule has 0 bridgehead atoms. The third-order valence-electron chi connectivity index (χ3n) is 9.53. The average molecular weight is 761 g/mol. The van der Waals surface area contributed by atoms with E-state index in [4.69, 9.17) is 18.9 Å². The van der Waals surface area contributed by atoms with Crippen LogP contribution in [0.15, 0.2) is 109 Å². The predicted octanol–water partition coefficient (Wildman–Crippen LogP) is 10.9. The monoisotopic (exact) mass is 760 g/mol. The number of hydrogen-bond acceptors (Lipinski definition) is 6. The van der Waals surface area contributed by atoms with Crippen molar-refractivity contribution in [1.82, 2.24) is 4.57 Å². The van der Waals surface area contributed by atoms with Crippen LogP contribution in [0.5, 0.6) is 5.75 Å². The van der Waals surface area contributed by atoms with Crippen LogP contribution in [0, 0.1) is 5.82 Å². The van der Waals surface area contributed by atoms with E-state index in [1.807, 2.05) is 120 Å². The van der Waals surface area contributed by atoms with Gasteiger partial charge >= 0.3 is 5.97 Å². The Bertz CT molecular complexity index is 2090. The highest BCUT2D eigenvalue weighted by atomic mass is 19.1. The van der Waals surface area contributed by atoms with Gasteiger partial charge in [0.15, 0.2) is 5.79 Å². The zero-order chi connectivity index (χ0) is 40.0. The third kappa shape index (κ3) is 10.3. The summed E-state index contributed by atoms with van der Waals surface area (Å²) >= 11 is 0. The lowest BCUT2D eigenvalue weighted by Gasteiger charge is -2.41. The normalized spacial score (nSPS) is 16.7. The number of carbonyl (C=O) groups excluding carboxylic acids is 2. The number of nitrogens with one attached hydrogen (secondary N) is 1. The summed E-state index contributed by atoms with van der Waals surface area (Å²) in [5.74, 6) is -1.24. The van der Waals surface area contributed by atoms with Crippen molar-refractivity contribution in [3.8, 4) is 28.1 Å². The van der Waals surface area contributed by atoms with E-state index in [-0.39, 0.29) is 36.1 Å². The first-order valence-corrected chi connectivity index (χ1v) is 19.4. The van der Waals surface area contributed by atoms with Crippen molar-refractivity contribution >= 4 is 17.6 Å². The minimum Gasteiger partial charge on any atom is -0.489 e. The van der Waals surface area contributed by atoms with Crippen LogP contribution >= 0.6 is 0 Å². The van der Waals surface area contributed by atoms with Gasteiger partial charge < -0.3 is 28.8 Å². The molecular formula is C47H53FN2O6. The first-order chi connectivity index (χ1) is 26.7. The minimum absolute atomic E-state index is 0.0834. The molecule has 9 heteroatoms. The standard InChI is InChI=1S/C47H53FN2O6/c1-31(2)43-42(45(52)49-36-16-12-9-13-17-36)41(33-20-24-37(25-21-33)53-30-32-14-10-8-11-15-32)44(34-18-22-35(48)23-19-34)50(43)27-26-38-28-39(55-47(6,7)54-38)29-40(51)56-46(3,4)5/h8-25,31,38-39H,26-30H2,1-7H3,(H,49,52)/t38-,39-/m1/s1. The Morgan fingerprint density at radius 3 is 2.09 bits per heavy atom. The van der Waals surface area contributed by atoms with Crippen LogP contribution in [-0.2, 0) is 32.2 Å². The molecule has 1 aliphatic rings. The number of hydrogen-bond donors (Lipinski definition) is 1. The number of halogens is 1. The fourth-order valence-corrected chi connectivity index (χ4v) is 7.43. The molecule has 2 atom stereocenters. The quantitative estimate of drug-likeness (QED) is 0.120. The maximum atomic E-state index is 14.7. The van der Waals surface area contributed by atoms with Crippen molar-refractivity contribution in [3.63, 3.8) is 0 Å². The number of rotatable bonds is 13. The Labute approximate surface area is 329 Å². The fraction of sp³-hybridized carbons (Fsp3) is 0.362. The summed E-state index contributed by atoms with van der Waals surface area (Å²) in [5, 5.41) is 3.15. The molecule has 0 radical (unpaired) electrons. The smallest absolute Gasteiger partial charge is 0.308 e. The molecule has 0 unspecified atom stereocenters. The van der Waals surface area contributed by atoms with E-state index in [2.05, 4.69) is 23.7 Å². The Morgan fingerprint density at radius 1 is 0.857 bits per heavy atom. The predicted molar refractivity (Wildman–Crippen MR) is 218 cm³/mol. The van der Waals surface area contributed by atoms with Gasteiger partial charge in [-0.3, -0.25) is 9.59 Å². The van der Waals surface area contributed by atoms with E-state index in [1.165, 1.54) is 12.1 Å². The van der Waals surface area contributed by atoms with Crippen molar-refractivity contribution in [1.29, 1.82) is 0 Å². The molecule has 4 aromatic carbocycles. The van der Waals surface area contributed by atoms with Gasteiger partial charge in [-0.25, -0.2) is 4.39 Å². The number of benzene rings is 4. The van der Waals surface area contributed by atoms with Crippen LogP contribution in [0.3, 0.4) is 0 Å². The van der Waals surface area contributed by atoms with Crippen LogP contribution in [0.2, 0.25) is 0 Å². The molecule has 294 valence electrons. The largest absolute Gasteiger partial charge is 0.489 e. The molecule has 1 amide bonds. The van der Waals surface area contributed by atoms with Gasteiger partial charge in [-0.2, -0.15) is 0 Å². The summed E-state index contributed by atoms with van der Waals surface area (Å²) in [6.45, 7) is 14.3. The summed E-state index contributed by atoms with van der Waals surface area (Å²) < 4.78 is 41.1. The highest BCUT2D eigenvalue weighted by Gasteiger charge is 2.38. The second kappa shape index (κ2) is 17.3. The number of esters is 1. The third-order valence-corrected chi connectivity index (χ3v) is 9.53. The van der Waals surface area contributed by atoms with Crippen molar-refractivity contribution < 1.29 is 32.9 Å². The highest BCUT2D eigenvalue weighted by Crippen LogP contribution is 2.43. The number of carbonyl (C=O) groups is 2. The van der Waals surface area contributed by atoms with Crippen molar-refractivity contribution in [3.05, 3.63) is 132 Å². The van der Waals surface area contributed by atoms with Crippen molar-refractivity contribution in [2.24, 2.45) is 0 Å². The van der Waals surface area contributed by atoms with Gasteiger partial charge in [0.25, 0.3) is 5.91 Å². The van der Waals surface area contributed by atoms with Crippen molar-refractivity contribution in [2.75, 3.05) is 5.32 Å². The summed E-state index contributed by atoms with van der Waals surface area (Å²) in [7, 11) is 0. The number of para-hydroxylation sites is 1. The lowest BCUT2D eigenvalue weighted by Crippen LogP contribution is -2.46. The number of ether oxygens (including phenoxy) is 4. The van der Waals surface area contributed by atoms with E-state index in [1.54, 1.807) is 12.1 Å². The summed E-state index contributed by atoms with van der Waals surface area (Å²) in [4.78, 5) is 27.5. The zero-order valence-electron chi connectivity index (χ0n) is 33.4. The molecular weight excluding hydrogens is 708 g/mol. The topological polar surface area (TPSA) is 88.0 Å². The molecule has 5 aromatic rings. The summed E-state index contributed by atoms with van der Waals surface area (Å²) in [5.41, 5.74) is 5.62. The lowest BCUT2D eigenvalue weighted by molar-refractivity contribution is -0.301. The molecule has 1 fully saturated rings. The first kappa shape index (κ1) is 40.4. The van der Waals surface area contributed by atoms with Crippen LogP contribution in [-0.4, -0.2) is 40.0 Å².